The van der Waals surface area contributed by atoms with Crippen molar-refractivity contribution in [3.63, 3.8) is 0 Å². The van der Waals surface area contributed by atoms with E-state index in [1.165, 1.54) is 5.56 Å². The molecule has 78 valence electrons. The molecule has 0 fully saturated rings. The first-order valence-corrected chi connectivity index (χ1v) is 5.22. The Bertz CT molecular complexity index is 552. The predicted molar refractivity (Wildman–Crippen MR) is 63.4 cm³/mol. The molecule has 0 aliphatic heterocycles. The van der Waals surface area contributed by atoms with Crippen molar-refractivity contribution >= 4 is 10.9 Å². The summed E-state index contributed by atoms with van der Waals surface area (Å²) in [4.78, 5) is 15.1. The molecule has 2 nitrogen and oxygen atoms in total. The lowest BCUT2D eigenvalue weighted by molar-refractivity contribution is 0.872. The molecule has 1 N–H and O–H groups in total. The molecule has 0 amide bonds. The molecule has 0 saturated carbocycles. The number of benzene rings is 1. The highest BCUT2D eigenvalue weighted by Gasteiger charge is 2.07. The minimum absolute atomic E-state index is 0.131. The van der Waals surface area contributed by atoms with Crippen LogP contribution in [0.5, 0.6) is 0 Å². The minimum Gasteiger partial charge on any atom is -0.360 e. The van der Waals surface area contributed by atoms with Crippen LogP contribution in [0, 0.1) is 6.92 Å². The van der Waals surface area contributed by atoms with E-state index >= 15 is 0 Å². The highest BCUT2D eigenvalue weighted by Crippen LogP contribution is 2.21. The molecule has 0 atom stereocenters. The number of rotatable bonds is 1. The van der Waals surface area contributed by atoms with Crippen LogP contribution in [0.4, 0.5) is 0 Å². The Labute approximate surface area is 89.0 Å². The van der Waals surface area contributed by atoms with Crippen LogP contribution in [-0.2, 0) is 0 Å². The van der Waals surface area contributed by atoms with Gasteiger partial charge >= 0.3 is 0 Å². The van der Waals surface area contributed by atoms with Gasteiger partial charge in [-0.05, 0) is 24.5 Å². The van der Waals surface area contributed by atoms with Crippen molar-refractivity contribution in [1.82, 2.24) is 4.98 Å². The summed E-state index contributed by atoms with van der Waals surface area (Å²) in [7, 11) is 0. The third kappa shape index (κ3) is 1.56. The van der Waals surface area contributed by atoms with Gasteiger partial charge in [0.2, 0.25) is 0 Å². The number of nitrogens with one attached hydrogen (secondary N) is 1. The standard InChI is InChI=1S/C13H15NO/c1-8(2)10-5-4-6-11-12(10)14-7-9(3)13(11)15/h4-8H,1-3H3,(H,14,15). The lowest BCUT2D eigenvalue weighted by Crippen LogP contribution is -2.07. The second-order valence-corrected chi connectivity index (χ2v) is 4.23. The molecule has 15 heavy (non-hydrogen) atoms. The Morgan fingerprint density at radius 2 is 2.00 bits per heavy atom. The van der Waals surface area contributed by atoms with Crippen molar-refractivity contribution in [2.75, 3.05) is 0 Å². The fourth-order valence-corrected chi connectivity index (χ4v) is 1.86. The average Bonchev–Trinajstić information content (AvgIpc) is 2.23. The van der Waals surface area contributed by atoms with E-state index in [-0.39, 0.29) is 5.43 Å². The van der Waals surface area contributed by atoms with E-state index < -0.39 is 0 Å². The van der Waals surface area contributed by atoms with Gasteiger partial charge < -0.3 is 4.98 Å². The molecule has 0 saturated heterocycles. The molecule has 0 spiro atoms. The van der Waals surface area contributed by atoms with Gasteiger partial charge in [-0.1, -0.05) is 26.0 Å². The van der Waals surface area contributed by atoms with Gasteiger partial charge in [-0.15, -0.1) is 0 Å². The maximum Gasteiger partial charge on any atom is 0.192 e. The average molecular weight is 201 g/mol. The highest BCUT2D eigenvalue weighted by atomic mass is 16.1. The fraction of sp³-hybridized carbons (Fsp3) is 0.308. The Kier molecular flexibility index (Phi) is 2.35. The lowest BCUT2D eigenvalue weighted by Gasteiger charge is -2.09. The molecule has 2 aromatic rings. The summed E-state index contributed by atoms with van der Waals surface area (Å²) in [5.74, 6) is 0.423. The summed E-state index contributed by atoms with van der Waals surface area (Å²) in [6.07, 6.45) is 1.79. The number of aromatic nitrogens is 1. The van der Waals surface area contributed by atoms with Gasteiger partial charge in [0.1, 0.15) is 0 Å². The van der Waals surface area contributed by atoms with Crippen molar-refractivity contribution in [2.24, 2.45) is 0 Å². The van der Waals surface area contributed by atoms with Crippen molar-refractivity contribution < 1.29 is 0 Å². The Morgan fingerprint density at radius 3 is 2.67 bits per heavy atom. The first-order valence-electron chi connectivity index (χ1n) is 5.22. The van der Waals surface area contributed by atoms with Gasteiger partial charge in [0.15, 0.2) is 5.43 Å². The molecular formula is C13H15NO. The zero-order valence-corrected chi connectivity index (χ0v) is 9.29. The smallest absolute Gasteiger partial charge is 0.192 e. The number of hydrogen-bond acceptors (Lipinski definition) is 1. The van der Waals surface area contributed by atoms with Crippen molar-refractivity contribution in [1.29, 1.82) is 0 Å². The first-order chi connectivity index (χ1) is 7.11. The van der Waals surface area contributed by atoms with Crippen molar-refractivity contribution in [2.45, 2.75) is 26.7 Å². The Hall–Kier alpha value is -1.57. The van der Waals surface area contributed by atoms with Crippen LogP contribution in [0.2, 0.25) is 0 Å². The Morgan fingerprint density at radius 1 is 1.27 bits per heavy atom. The van der Waals surface area contributed by atoms with Gasteiger partial charge in [0, 0.05) is 17.1 Å². The van der Waals surface area contributed by atoms with Crippen LogP contribution in [0.15, 0.2) is 29.2 Å². The molecule has 0 aliphatic carbocycles. The largest absolute Gasteiger partial charge is 0.360 e. The van der Waals surface area contributed by atoms with Gasteiger partial charge in [-0.25, -0.2) is 0 Å². The van der Waals surface area contributed by atoms with Gasteiger partial charge in [-0.2, -0.15) is 0 Å². The summed E-state index contributed by atoms with van der Waals surface area (Å²) in [6, 6.07) is 5.90. The van der Waals surface area contributed by atoms with E-state index in [9.17, 15) is 4.79 Å². The maximum absolute atomic E-state index is 11.9. The van der Waals surface area contributed by atoms with Crippen LogP contribution >= 0.6 is 0 Å². The molecule has 0 unspecified atom stereocenters. The predicted octanol–water partition coefficient (Wildman–Crippen LogP) is 2.96. The molecule has 0 bridgehead atoms. The highest BCUT2D eigenvalue weighted by molar-refractivity contribution is 5.82. The molecule has 0 radical (unpaired) electrons. The summed E-state index contributed by atoms with van der Waals surface area (Å²) >= 11 is 0. The van der Waals surface area contributed by atoms with Crippen LogP contribution in [0.3, 0.4) is 0 Å². The molecule has 1 aromatic carbocycles. The fourth-order valence-electron chi connectivity index (χ4n) is 1.86. The van der Waals surface area contributed by atoms with E-state index in [0.29, 0.717) is 5.92 Å². The van der Waals surface area contributed by atoms with Crippen molar-refractivity contribution in [3.05, 3.63) is 45.7 Å². The zero-order chi connectivity index (χ0) is 11.0. The van der Waals surface area contributed by atoms with Crippen LogP contribution in [-0.4, -0.2) is 4.98 Å². The number of aryl methyl sites for hydroxylation is 1. The van der Waals surface area contributed by atoms with Crippen LogP contribution in [0.25, 0.3) is 10.9 Å². The van der Waals surface area contributed by atoms with Gasteiger partial charge in [-0.3, -0.25) is 4.79 Å². The first kappa shape index (κ1) is 9.97. The SMILES string of the molecule is Cc1c[nH]c2c(C(C)C)cccc2c1=O. The normalized spacial score (nSPS) is 11.2. The van der Waals surface area contributed by atoms with Crippen LogP contribution in [0.1, 0.15) is 30.9 Å². The third-order valence-electron chi connectivity index (χ3n) is 2.75. The van der Waals surface area contributed by atoms with Crippen molar-refractivity contribution in [3.8, 4) is 0 Å². The summed E-state index contributed by atoms with van der Waals surface area (Å²) in [6.45, 7) is 6.10. The molecule has 2 rings (SSSR count). The Balaban J connectivity index is 2.90. The molecule has 2 heteroatoms. The topological polar surface area (TPSA) is 32.9 Å². The van der Waals surface area contributed by atoms with E-state index in [4.69, 9.17) is 0 Å². The number of fused-ring (bicyclic) bond motifs is 1. The molecule has 1 aromatic heterocycles. The monoisotopic (exact) mass is 201 g/mol. The minimum atomic E-state index is 0.131. The second-order valence-electron chi connectivity index (χ2n) is 4.23. The quantitative estimate of drug-likeness (QED) is 0.756. The summed E-state index contributed by atoms with van der Waals surface area (Å²) in [5.41, 5.74) is 3.07. The second kappa shape index (κ2) is 3.54. The van der Waals surface area contributed by atoms with Gasteiger partial charge in [0.25, 0.3) is 0 Å². The lowest BCUT2D eigenvalue weighted by atomic mass is 9.99. The van der Waals surface area contributed by atoms with E-state index in [1.54, 1.807) is 6.20 Å². The van der Waals surface area contributed by atoms with E-state index in [0.717, 1.165) is 16.5 Å². The van der Waals surface area contributed by atoms with Gasteiger partial charge in [0.05, 0.1) is 5.52 Å². The number of aromatic amines is 1. The maximum atomic E-state index is 11.9. The molecule has 0 aliphatic rings. The van der Waals surface area contributed by atoms with Crippen LogP contribution < -0.4 is 5.43 Å². The third-order valence-corrected chi connectivity index (χ3v) is 2.75. The number of hydrogen-bond donors (Lipinski definition) is 1. The van der Waals surface area contributed by atoms with E-state index in [2.05, 4.69) is 24.9 Å². The number of pyridine rings is 1. The van der Waals surface area contributed by atoms with E-state index in [1.807, 2.05) is 19.1 Å². The summed E-state index contributed by atoms with van der Waals surface area (Å²) in [5, 5.41) is 0.793. The molecular weight excluding hydrogens is 186 g/mol. The molecule has 1 heterocycles. The number of para-hydroxylation sites is 1. The number of H-pyrrole nitrogens is 1. The summed E-state index contributed by atoms with van der Waals surface area (Å²) < 4.78 is 0. The zero-order valence-electron chi connectivity index (χ0n) is 9.29.